The molecule has 3 N–H and O–H groups in total. The molecule has 1 unspecified atom stereocenters. The topological polar surface area (TPSA) is 102 Å². The number of hydrogen-bond acceptors (Lipinski definition) is 5. The quantitative estimate of drug-likeness (QED) is 0.623. The number of nitro benzene ring substituents is 1. The largest absolute Gasteiger partial charge is 0.327 e. The Balaban J connectivity index is 0.00000288. The lowest BCUT2D eigenvalue weighted by atomic mass is 9.80. The van der Waals surface area contributed by atoms with Crippen LogP contribution in [0, 0.1) is 15.5 Å². The van der Waals surface area contributed by atoms with E-state index in [0.717, 1.165) is 19.5 Å². The molecule has 7 nitrogen and oxygen atoms in total. The predicted octanol–water partition coefficient (Wildman–Crippen LogP) is 2.40. The molecule has 0 radical (unpaired) electrons. The molecule has 134 valence electrons. The molecule has 0 saturated carbocycles. The molecule has 1 aliphatic heterocycles. The van der Waals surface area contributed by atoms with E-state index in [0.29, 0.717) is 18.7 Å². The van der Waals surface area contributed by atoms with Crippen molar-refractivity contribution in [2.75, 3.05) is 25.0 Å². The number of non-ortho nitro benzene ring substituents is 1. The Morgan fingerprint density at radius 3 is 2.58 bits per heavy atom. The average molecular weight is 357 g/mol. The molecule has 8 heteroatoms. The number of anilines is 1. The van der Waals surface area contributed by atoms with Gasteiger partial charge in [-0.05, 0) is 30.5 Å². The van der Waals surface area contributed by atoms with Gasteiger partial charge < -0.3 is 16.0 Å². The summed E-state index contributed by atoms with van der Waals surface area (Å²) in [5.74, 6) is -0.0912. The second-order valence-corrected chi connectivity index (χ2v) is 6.76. The van der Waals surface area contributed by atoms with Gasteiger partial charge in [-0.1, -0.05) is 13.8 Å². The summed E-state index contributed by atoms with van der Waals surface area (Å²) < 4.78 is 0. The number of hydrogen-bond donors (Lipinski definition) is 2. The van der Waals surface area contributed by atoms with Crippen molar-refractivity contribution in [1.82, 2.24) is 4.90 Å². The van der Waals surface area contributed by atoms with Crippen molar-refractivity contribution in [3.05, 3.63) is 34.4 Å². The number of nitro groups is 1. The van der Waals surface area contributed by atoms with Crippen LogP contribution in [0.5, 0.6) is 0 Å². The Kier molecular flexibility index (Phi) is 7.13. The second kappa shape index (κ2) is 8.41. The third kappa shape index (κ3) is 5.43. The van der Waals surface area contributed by atoms with Crippen molar-refractivity contribution in [2.45, 2.75) is 32.7 Å². The van der Waals surface area contributed by atoms with Gasteiger partial charge in [0.15, 0.2) is 0 Å². The standard InChI is InChI=1S/C16H24N4O3.ClH/c1-16(2)11-19(9-7-14(16)17)10-8-15(21)18-12-3-5-13(6-4-12)20(22)23;/h3-6,14H,7-11,17H2,1-2H3,(H,18,21);1H. The third-order valence-electron chi connectivity index (χ3n) is 4.41. The fourth-order valence-electron chi connectivity index (χ4n) is 2.83. The molecule has 1 amide bonds. The number of carbonyl (C=O) groups is 1. The maximum atomic E-state index is 12.0. The lowest BCUT2D eigenvalue weighted by Gasteiger charge is -2.42. The molecule has 0 spiro atoms. The van der Waals surface area contributed by atoms with Gasteiger partial charge in [0.1, 0.15) is 0 Å². The van der Waals surface area contributed by atoms with Crippen LogP contribution < -0.4 is 11.1 Å². The van der Waals surface area contributed by atoms with Crippen molar-refractivity contribution in [3.63, 3.8) is 0 Å². The van der Waals surface area contributed by atoms with Crippen LogP contribution in [0.25, 0.3) is 0 Å². The summed E-state index contributed by atoms with van der Waals surface area (Å²) in [6.07, 6.45) is 1.33. The molecule has 0 aliphatic carbocycles. The molecule has 1 saturated heterocycles. The van der Waals surface area contributed by atoms with Crippen molar-refractivity contribution >= 4 is 29.7 Å². The zero-order chi connectivity index (χ0) is 17.0. The maximum absolute atomic E-state index is 12.0. The number of piperidine rings is 1. The second-order valence-electron chi connectivity index (χ2n) is 6.76. The van der Waals surface area contributed by atoms with Crippen molar-refractivity contribution in [3.8, 4) is 0 Å². The van der Waals surface area contributed by atoms with Crippen molar-refractivity contribution in [2.24, 2.45) is 11.1 Å². The maximum Gasteiger partial charge on any atom is 0.269 e. The Morgan fingerprint density at radius 1 is 1.42 bits per heavy atom. The highest BCUT2D eigenvalue weighted by Gasteiger charge is 2.33. The normalized spacial score (nSPS) is 20.0. The molecule has 24 heavy (non-hydrogen) atoms. The SMILES string of the molecule is CC1(C)CN(CCC(=O)Nc2ccc([N+](=O)[O-])cc2)CCC1N.Cl. The minimum absolute atomic E-state index is 0. The van der Waals surface area contributed by atoms with Gasteiger partial charge in [0.05, 0.1) is 4.92 Å². The first-order valence-corrected chi connectivity index (χ1v) is 7.80. The fourth-order valence-corrected chi connectivity index (χ4v) is 2.83. The summed E-state index contributed by atoms with van der Waals surface area (Å²) in [5, 5.41) is 13.4. The summed E-state index contributed by atoms with van der Waals surface area (Å²) in [6.45, 7) is 6.80. The van der Waals surface area contributed by atoms with E-state index in [1.54, 1.807) is 12.1 Å². The van der Waals surface area contributed by atoms with Crippen LogP contribution in [0.15, 0.2) is 24.3 Å². The molecule has 1 aromatic carbocycles. The van der Waals surface area contributed by atoms with E-state index in [2.05, 4.69) is 24.1 Å². The van der Waals surface area contributed by atoms with Gasteiger partial charge in [0.2, 0.25) is 5.91 Å². The van der Waals surface area contributed by atoms with Gasteiger partial charge in [-0.2, -0.15) is 0 Å². The van der Waals surface area contributed by atoms with E-state index < -0.39 is 4.92 Å². The monoisotopic (exact) mass is 356 g/mol. The van der Waals surface area contributed by atoms with Crippen molar-refractivity contribution in [1.29, 1.82) is 0 Å². The van der Waals surface area contributed by atoms with E-state index in [1.807, 2.05) is 0 Å². The van der Waals surface area contributed by atoms with E-state index in [-0.39, 0.29) is 35.5 Å². The number of rotatable bonds is 5. The number of halogens is 1. The summed E-state index contributed by atoms with van der Waals surface area (Å²) in [4.78, 5) is 24.4. The Labute approximate surface area is 148 Å². The highest BCUT2D eigenvalue weighted by Crippen LogP contribution is 2.27. The zero-order valence-corrected chi connectivity index (χ0v) is 14.8. The molecule has 0 bridgehead atoms. The number of amides is 1. The van der Waals surface area contributed by atoms with Crippen LogP contribution in [0.1, 0.15) is 26.7 Å². The average Bonchev–Trinajstić information content (AvgIpc) is 2.49. The molecular formula is C16H25ClN4O3. The summed E-state index contributed by atoms with van der Waals surface area (Å²) in [7, 11) is 0. The fraction of sp³-hybridized carbons (Fsp3) is 0.562. The summed E-state index contributed by atoms with van der Waals surface area (Å²) in [6, 6.07) is 6.04. The van der Waals surface area contributed by atoms with Gasteiger partial charge in [-0.15, -0.1) is 12.4 Å². The first kappa shape index (κ1) is 20.3. The number of nitrogens with one attached hydrogen (secondary N) is 1. The van der Waals surface area contributed by atoms with Crippen LogP contribution in [0.2, 0.25) is 0 Å². The predicted molar refractivity (Wildman–Crippen MR) is 96.4 cm³/mol. The molecule has 0 aromatic heterocycles. The summed E-state index contributed by atoms with van der Waals surface area (Å²) in [5.41, 5.74) is 6.76. The first-order valence-electron chi connectivity index (χ1n) is 7.80. The van der Waals surface area contributed by atoms with Gasteiger partial charge >= 0.3 is 0 Å². The lowest BCUT2D eigenvalue weighted by molar-refractivity contribution is -0.384. The molecule has 1 atom stereocenters. The van der Waals surface area contributed by atoms with Gasteiger partial charge in [-0.3, -0.25) is 14.9 Å². The number of carbonyl (C=O) groups excluding carboxylic acids is 1. The van der Waals surface area contributed by atoms with Gasteiger partial charge in [0.25, 0.3) is 5.69 Å². The number of nitrogens with zero attached hydrogens (tertiary/aromatic N) is 2. The van der Waals surface area contributed by atoms with Crippen LogP contribution >= 0.6 is 12.4 Å². The van der Waals surface area contributed by atoms with Crippen LogP contribution in [0.3, 0.4) is 0 Å². The Hall–Kier alpha value is -1.70. The molecule has 1 heterocycles. The lowest BCUT2D eigenvalue weighted by Crippen LogP contribution is -2.52. The minimum atomic E-state index is -0.464. The molecule has 1 fully saturated rings. The van der Waals surface area contributed by atoms with Crippen LogP contribution in [-0.2, 0) is 4.79 Å². The highest BCUT2D eigenvalue weighted by atomic mass is 35.5. The van der Waals surface area contributed by atoms with E-state index in [1.165, 1.54) is 12.1 Å². The first-order chi connectivity index (χ1) is 10.8. The van der Waals surface area contributed by atoms with Gasteiger partial charge in [-0.25, -0.2) is 0 Å². The Bertz CT molecular complexity index is 577. The zero-order valence-electron chi connectivity index (χ0n) is 14.0. The minimum Gasteiger partial charge on any atom is -0.327 e. The molecular weight excluding hydrogens is 332 g/mol. The summed E-state index contributed by atoms with van der Waals surface area (Å²) >= 11 is 0. The third-order valence-corrected chi connectivity index (χ3v) is 4.41. The number of benzene rings is 1. The van der Waals surface area contributed by atoms with Crippen LogP contribution in [-0.4, -0.2) is 41.4 Å². The van der Waals surface area contributed by atoms with Gasteiger partial charge in [0, 0.05) is 43.4 Å². The molecule has 1 aliphatic rings. The van der Waals surface area contributed by atoms with E-state index in [9.17, 15) is 14.9 Å². The Morgan fingerprint density at radius 2 is 2.04 bits per heavy atom. The smallest absolute Gasteiger partial charge is 0.269 e. The number of likely N-dealkylation sites (tertiary alicyclic amines) is 1. The molecule has 1 aromatic rings. The van der Waals surface area contributed by atoms with Crippen LogP contribution in [0.4, 0.5) is 11.4 Å². The molecule has 2 rings (SSSR count). The number of nitrogens with two attached hydrogens (primary N) is 1. The highest BCUT2D eigenvalue weighted by molar-refractivity contribution is 5.90. The van der Waals surface area contributed by atoms with Crippen molar-refractivity contribution < 1.29 is 9.72 Å². The van der Waals surface area contributed by atoms with E-state index >= 15 is 0 Å². The van der Waals surface area contributed by atoms with E-state index in [4.69, 9.17) is 5.73 Å².